The molecule has 0 saturated carbocycles. The van der Waals surface area contributed by atoms with E-state index < -0.39 is 0 Å². The third-order valence-electron chi connectivity index (χ3n) is 3.91. The van der Waals surface area contributed by atoms with E-state index in [1.54, 1.807) is 0 Å². The van der Waals surface area contributed by atoms with Crippen LogP contribution in [-0.2, 0) is 6.42 Å². The van der Waals surface area contributed by atoms with E-state index in [9.17, 15) is 0 Å². The number of hydrogen-bond donors (Lipinski definition) is 0. The van der Waals surface area contributed by atoms with Gasteiger partial charge in [0, 0.05) is 25.6 Å². The number of halogens is 1. The van der Waals surface area contributed by atoms with Crippen LogP contribution in [0.1, 0.15) is 51.8 Å². The van der Waals surface area contributed by atoms with Gasteiger partial charge in [-0.2, -0.15) is 0 Å². The smallest absolute Gasteiger partial charge is 0.134 e. The van der Waals surface area contributed by atoms with Gasteiger partial charge in [0.1, 0.15) is 16.8 Å². The molecule has 0 radical (unpaired) electrons. The van der Waals surface area contributed by atoms with Gasteiger partial charge in [-0.15, -0.1) is 0 Å². The fourth-order valence-electron chi connectivity index (χ4n) is 2.86. The molecule has 1 fully saturated rings. The summed E-state index contributed by atoms with van der Waals surface area (Å²) >= 11 is 6.09. The van der Waals surface area contributed by atoms with Gasteiger partial charge in [-0.1, -0.05) is 38.3 Å². The predicted octanol–water partition coefficient (Wildman–Crippen LogP) is 4.10. The van der Waals surface area contributed by atoms with E-state index in [0.29, 0.717) is 5.15 Å². The lowest BCUT2D eigenvalue weighted by Crippen LogP contribution is -2.25. The Morgan fingerprint density at radius 1 is 1.26 bits per heavy atom. The average molecular weight is 282 g/mol. The maximum atomic E-state index is 6.09. The van der Waals surface area contributed by atoms with E-state index in [4.69, 9.17) is 11.6 Å². The Bertz CT molecular complexity index is 408. The lowest BCUT2D eigenvalue weighted by molar-refractivity contribution is 0.435. The first-order valence-electron chi connectivity index (χ1n) is 7.51. The lowest BCUT2D eigenvalue weighted by atomic mass is 9.96. The minimum Gasteiger partial charge on any atom is -0.356 e. The maximum absolute atomic E-state index is 6.09. The Kier molecular flexibility index (Phi) is 5.44. The highest BCUT2D eigenvalue weighted by Crippen LogP contribution is 2.25. The monoisotopic (exact) mass is 281 g/mol. The summed E-state index contributed by atoms with van der Waals surface area (Å²) in [7, 11) is 0. The molecular weight excluding hydrogens is 258 g/mol. The van der Waals surface area contributed by atoms with Crippen molar-refractivity contribution in [2.45, 2.75) is 52.4 Å². The molecule has 0 aromatic carbocycles. The van der Waals surface area contributed by atoms with Crippen molar-refractivity contribution < 1.29 is 0 Å². The zero-order valence-corrected chi connectivity index (χ0v) is 12.8. The Balaban J connectivity index is 2.07. The first-order chi connectivity index (χ1) is 9.22. The van der Waals surface area contributed by atoms with Crippen LogP contribution in [0, 0.1) is 5.92 Å². The van der Waals surface area contributed by atoms with E-state index in [-0.39, 0.29) is 0 Å². The van der Waals surface area contributed by atoms with E-state index >= 15 is 0 Å². The molecule has 1 atom stereocenters. The molecule has 3 nitrogen and oxygen atoms in total. The molecule has 0 spiro atoms. The van der Waals surface area contributed by atoms with Crippen LogP contribution in [0.2, 0.25) is 5.15 Å². The van der Waals surface area contributed by atoms with Crippen LogP contribution >= 0.6 is 11.6 Å². The Hall–Kier alpha value is -0.830. The van der Waals surface area contributed by atoms with E-state index in [2.05, 4.69) is 28.7 Å². The van der Waals surface area contributed by atoms with Gasteiger partial charge in [0.2, 0.25) is 0 Å². The fraction of sp³-hybridized carbons (Fsp3) is 0.733. The zero-order valence-electron chi connectivity index (χ0n) is 12.0. The molecule has 4 heteroatoms. The summed E-state index contributed by atoms with van der Waals surface area (Å²) in [6.45, 7) is 6.54. The SMILES string of the molecule is CCCC1CCCN(c2cc(Cl)nc(CC)n2)CC1. The van der Waals surface area contributed by atoms with Crippen molar-refractivity contribution in [1.82, 2.24) is 9.97 Å². The number of hydrogen-bond acceptors (Lipinski definition) is 3. The largest absolute Gasteiger partial charge is 0.356 e. The quantitative estimate of drug-likeness (QED) is 0.778. The van der Waals surface area contributed by atoms with Crippen LogP contribution in [0.5, 0.6) is 0 Å². The molecular formula is C15H24ClN3. The van der Waals surface area contributed by atoms with Gasteiger partial charge in [0.25, 0.3) is 0 Å². The molecule has 2 rings (SSSR count). The van der Waals surface area contributed by atoms with Gasteiger partial charge in [0.05, 0.1) is 0 Å². The molecule has 1 aromatic heterocycles. The molecule has 1 aliphatic rings. The number of aromatic nitrogens is 2. The van der Waals surface area contributed by atoms with Crippen molar-refractivity contribution in [2.75, 3.05) is 18.0 Å². The third-order valence-corrected chi connectivity index (χ3v) is 4.11. The first-order valence-corrected chi connectivity index (χ1v) is 7.89. The Morgan fingerprint density at radius 3 is 2.84 bits per heavy atom. The molecule has 0 N–H and O–H groups in total. The lowest BCUT2D eigenvalue weighted by Gasteiger charge is -2.22. The first kappa shape index (κ1) is 14.6. The van der Waals surface area contributed by atoms with Crippen molar-refractivity contribution in [3.63, 3.8) is 0 Å². The van der Waals surface area contributed by atoms with E-state index in [1.807, 2.05) is 6.07 Å². The second-order valence-electron chi connectivity index (χ2n) is 5.39. The van der Waals surface area contributed by atoms with Crippen molar-refractivity contribution in [3.8, 4) is 0 Å². The number of rotatable bonds is 4. The third kappa shape index (κ3) is 4.07. The minimum absolute atomic E-state index is 0.566. The standard InChI is InChI=1S/C15H24ClN3/c1-3-6-12-7-5-9-19(10-8-12)15-11-13(16)17-14(4-2)18-15/h11-12H,3-10H2,1-2H3. The molecule has 1 unspecified atom stereocenters. The van der Waals surface area contributed by atoms with Crippen LogP contribution in [0.4, 0.5) is 5.82 Å². The van der Waals surface area contributed by atoms with Crippen LogP contribution in [-0.4, -0.2) is 23.1 Å². The van der Waals surface area contributed by atoms with E-state index in [1.165, 1.54) is 32.1 Å². The van der Waals surface area contributed by atoms with Crippen molar-refractivity contribution in [2.24, 2.45) is 5.92 Å². The average Bonchev–Trinajstić information content (AvgIpc) is 2.64. The molecule has 19 heavy (non-hydrogen) atoms. The molecule has 0 aliphatic carbocycles. The highest BCUT2D eigenvalue weighted by atomic mass is 35.5. The molecule has 0 amide bonds. The Labute approximate surface area is 121 Å². The van der Waals surface area contributed by atoms with Gasteiger partial charge in [-0.05, 0) is 25.2 Å². The normalized spacial score (nSPS) is 20.4. The molecule has 0 bridgehead atoms. The number of aryl methyl sites for hydroxylation is 1. The highest BCUT2D eigenvalue weighted by Gasteiger charge is 2.18. The van der Waals surface area contributed by atoms with Gasteiger partial charge in [-0.25, -0.2) is 9.97 Å². The van der Waals surface area contributed by atoms with Crippen LogP contribution in [0.3, 0.4) is 0 Å². The zero-order chi connectivity index (χ0) is 13.7. The van der Waals surface area contributed by atoms with Gasteiger partial charge >= 0.3 is 0 Å². The summed E-state index contributed by atoms with van der Waals surface area (Å²) in [6, 6.07) is 1.90. The summed E-state index contributed by atoms with van der Waals surface area (Å²) in [5.74, 6) is 2.74. The molecule has 1 aliphatic heterocycles. The van der Waals surface area contributed by atoms with Gasteiger partial charge in [-0.3, -0.25) is 0 Å². The summed E-state index contributed by atoms with van der Waals surface area (Å²) in [6.07, 6.45) is 7.37. The second kappa shape index (κ2) is 7.09. The summed E-state index contributed by atoms with van der Waals surface area (Å²) in [5.41, 5.74) is 0. The topological polar surface area (TPSA) is 29.0 Å². The van der Waals surface area contributed by atoms with Crippen molar-refractivity contribution >= 4 is 17.4 Å². The summed E-state index contributed by atoms with van der Waals surface area (Å²) in [5, 5.41) is 0.566. The van der Waals surface area contributed by atoms with E-state index in [0.717, 1.165) is 37.1 Å². The van der Waals surface area contributed by atoms with Crippen LogP contribution in [0.25, 0.3) is 0 Å². The number of nitrogens with zero attached hydrogens (tertiary/aromatic N) is 3. The molecule has 1 aromatic rings. The van der Waals surface area contributed by atoms with Crippen LogP contribution in [0.15, 0.2) is 6.07 Å². The maximum Gasteiger partial charge on any atom is 0.134 e. The molecule has 1 saturated heterocycles. The van der Waals surface area contributed by atoms with Gasteiger partial charge < -0.3 is 4.90 Å². The Morgan fingerprint density at radius 2 is 2.11 bits per heavy atom. The van der Waals surface area contributed by atoms with Gasteiger partial charge in [0.15, 0.2) is 0 Å². The minimum atomic E-state index is 0.566. The van der Waals surface area contributed by atoms with Crippen molar-refractivity contribution in [1.29, 1.82) is 0 Å². The highest BCUT2D eigenvalue weighted by molar-refractivity contribution is 6.29. The predicted molar refractivity (Wildman–Crippen MR) is 80.9 cm³/mol. The van der Waals surface area contributed by atoms with Crippen molar-refractivity contribution in [3.05, 3.63) is 17.0 Å². The summed E-state index contributed by atoms with van der Waals surface area (Å²) in [4.78, 5) is 11.2. The fourth-order valence-corrected chi connectivity index (χ4v) is 3.06. The number of anilines is 1. The molecule has 2 heterocycles. The summed E-state index contributed by atoms with van der Waals surface area (Å²) < 4.78 is 0. The molecule has 106 valence electrons. The van der Waals surface area contributed by atoms with Crippen LogP contribution < -0.4 is 4.90 Å². The second-order valence-corrected chi connectivity index (χ2v) is 5.78.